The summed E-state index contributed by atoms with van der Waals surface area (Å²) in [5.41, 5.74) is 5.35. The van der Waals surface area contributed by atoms with Crippen LogP contribution in [0.4, 0.5) is 5.69 Å². The number of aromatic nitrogens is 2. The van der Waals surface area contributed by atoms with E-state index in [9.17, 15) is 0 Å². The number of piperidine rings is 1. The Morgan fingerprint density at radius 1 is 0.933 bits per heavy atom. The first-order chi connectivity index (χ1) is 14.7. The van der Waals surface area contributed by atoms with Gasteiger partial charge in [-0.05, 0) is 61.8 Å². The van der Waals surface area contributed by atoms with Crippen LogP contribution < -0.4 is 10.2 Å². The zero-order valence-electron chi connectivity index (χ0n) is 18.2. The van der Waals surface area contributed by atoms with E-state index in [0.29, 0.717) is 6.04 Å². The summed E-state index contributed by atoms with van der Waals surface area (Å²) in [5, 5.41) is 8.03. The van der Waals surface area contributed by atoms with E-state index >= 15 is 0 Å². The maximum Gasteiger partial charge on any atom is 0.0662 e. The molecular formula is C25H33N5. The minimum absolute atomic E-state index is 0.622. The predicted molar refractivity (Wildman–Crippen MR) is 124 cm³/mol. The first-order valence-corrected chi connectivity index (χ1v) is 10.9. The van der Waals surface area contributed by atoms with Gasteiger partial charge in [-0.15, -0.1) is 0 Å². The topological polar surface area (TPSA) is 36.3 Å². The van der Waals surface area contributed by atoms with Gasteiger partial charge < -0.3 is 15.1 Å². The lowest BCUT2D eigenvalue weighted by molar-refractivity contribution is 0.252. The average molecular weight is 404 g/mol. The van der Waals surface area contributed by atoms with Gasteiger partial charge in [0.1, 0.15) is 0 Å². The third-order valence-corrected chi connectivity index (χ3v) is 6.25. The maximum atomic E-state index is 4.35. The van der Waals surface area contributed by atoms with Crippen LogP contribution >= 0.6 is 0 Å². The molecule has 5 nitrogen and oxygen atoms in total. The van der Waals surface area contributed by atoms with Crippen LogP contribution in [0.15, 0.2) is 67.0 Å². The van der Waals surface area contributed by atoms with Crippen LogP contribution in [0, 0.1) is 0 Å². The van der Waals surface area contributed by atoms with Gasteiger partial charge >= 0.3 is 0 Å². The van der Waals surface area contributed by atoms with Crippen LogP contribution in [0.2, 0.25) is 0 Å². The Morgan fingerprint density at radius 3 is 2.33 bits per heavy atom. The molecule has 1 aliphatic rings. The van der Waals surface area contributed by atoms with E-state index in [1.54, 1.807) is 0 Å². The van der Waals surface area contributed by atoms with E-state index in [2.05, 4.69) is 82.8 Å². The number of hydrogen-bond donors (Lipinski definition) is 1. The van der Waals surface area contributed by atoms with Gasteiger partial charge in [-0.2, -0.15) is 5.10 Å². The molecule has 0 radical (unpaired) electrons. The highest BCUT2D eigenvalue weighted by molar-refractivity contribution is 5.54. The van der Waals surface area contributed by atoms with Crippen LogP contribution in [0.3, 0.4) is 0 Å². The molecule has 1 fully saturated rings. The van der Waals surface area contributed by atoms with Crippen LogP contribution in [0.5, 0.6) is 0 Å². The number of nitrogens with one attached hydrogen (secondary N) is 1. The summed E-state index contributed by atoms with van der Waals surface area (Å²) >= 11 is 0. The van der Waals surface area contributed by atoms with Crippen molar-refractivity contribution in [3.63, 3.8) is 0 Å². The summed E-state index contributed by atoms with van der Waals surface area (Å²) in [6.07, 6.45) is 6.31. The lowest BCUT2D eigenvalue weighted by Gasteiger charge is -2.37. The van der Waals surface area contributed by atoms with Gasteiger partial charge in [-0.25, -0.2) is 0 Å². The second-order valence-corrected chi connectivity index (χ2v) is 8.35. The van der Waals surface area contributed by atoms with Crippen molar-refractivity contribution in [2.75, 3.05) is 32.1 Å². The van der Waals surface area contributed by atoms with Gasteiger partial charge in [0.25, 0.3) is 0 Å². The first kappa shape index (κ1) is 20.6. The highest BCUT2D eigenvalue weighted by Gasteiger charge is 2.22. The van der Waals surface area contributed by atoms with Gasteiger partial charge in [0, 0.05) is 44.3 Å². The third-order valence-electron chi connectivity index (χ3n) is 6.25. The molecule has 1 saturated heterocycles. The lowest BCUT2D eigenvalue weighted by Crippen LogP contribution is -2.42. The van der Waals surface area contributed by atoms with Crippen molar-refractivity contribution in [1.82, 2.24) is 20.0 Å². The Balaban J connectivity index is 1.39. The van der Waals surface area contributed by atoms with Crippen LogP contribution in [0.1, 0.15) is 29.5 Å². The van der Waals surface area contributed by atoms with Crippen molar-refractivity contribution in [2.24, 2.45) is 0 Å². The molecule has 0 spiro atoms. The van der Waals surface area contributed by atoms with E-state index in [4.69, 9.17) is 0 Å². The molecule has 0 atom stereocenters. The molecular weight excluding hydrogens is 370 g/mol. The number of nitrogens with zero attached hydrogens (tertiary/aromatic N) is 4. The Morgan fingerprint density at radius 2 is 1.60 bits per heavy atom. The number of anilines is 1. The fourth-order valence-electron chi connectivity index (χ4n) is 4.37. The second-order valence-electron chi connectivity index (χ2n) is 8.35. The maximum absolute atomic E-state index is 4.35. The molecule has 4 rings (SSSR count). The molecule has 0 aliphatic carbocycles. The summed E-state index contributed by atoms with van der Waals surface area (Å²) < 4.78 is 1.98. The van der Waals surface area contributed by atoms with E-state index in [1.807, 2.05) is 23.1 Å². The molecule has 3 aromatic rings. The Hall–Kier alpha value is -2.63. The van der Waals surface area contributed by atoms with E-state index in [-0.39, 0.29) is 0 Å². The minimum Gasteiger partial charge on any atom is -0.371 e. The summed E-state index contributed by atoms with van der Waals surface area (Å²) in [6, 6.07) is 20.0. The SMILES string of the molecule is CN1CCC(N(C)c2ccccc2CNCc2ccccc2Cn2cccn2)CC1. The molecule has 2 aromatic carbocycles. The zero-order chi connectivity index (χ0) is 20.8. The van der Waals surface area contributed by atoms with Crippen molar-refractivity contribution in [2.45, 2.75) is 38.5 Å². The van der Waals surface area contributed by atoms with Crippen molar-refractivity contribution >= 4 is 5.69 Å². The highest BCUT2D eigenvalue weighted by atomic mass is 15.3. The largest absolute Gasteiger partial charge is 0.371 e. The zero-order valence-corrected chi connectivity index (χ0v) is 18.2. The van der Waals surface area contributed by atoms with Crippen molar-refractivity contribution in [3.05, 3.63) is 83.7 Å². The Kier molecular flexibility index (Phi) is 6.82. The smallest absolute Gasteiger partial charge is 0.0662 e. The molecule has 1 N–H and O–H groups in total. The summed E-state index contributed by atoms with van der Waals surface area (Å²) in [4.78, 5) is 4.92. The average Bonchev–Trinajstić information content (AvgIpc) is 3.28. The molecule has 158 valence electrons. The fourth-order valence-corrected chi connectivity index (χ4v) is 4.37. The van der Waals surface area contributed by atoms with Crippen molar-refractivity contribution in [3.8, 4) is 0 Å². The quantitative estimate of drug-likeness (QED) is 0.621. The number of rotatable bonds is 8. The van der Waals surface area contributed by atoms with E-state index in [0.717, 1.165) is 19.6 Å². The monoisotopic (exact) mass is 403 g/mol. The summed E-state index contributed by atoms with van der Waals surface area (Å²) in [6.45, 7) is 4.89. The van der Waals surface area contributed by atoms with Gasteiger partial charge in [-0.1, -0.05) is 42.5 Å². The van der Waals surface area contributed by atoms with Crippen molar-refractivity contribution in [1.29, 1.82) is 0 Å². The van der Waals surface area contributed by atoms with E-state index in [1.165, 1.54) is 48.3 Å². The number of hydrogen-bond acceptors (Lipinski definition) is 4. The summed E-state index contributed by atoms with van der Waals surface area (Å²) in [5.74, 6) is 0. The van der Waals surface area contributed by atoms with Gasteiger partial charge in [0.2, 0.25) is 0 Å². The molecule has 30 heavy (non-hydrogen) atoms. The van der Waals surface area contributed by atoms with Crippen LogP contribution in [0.25, 0.3) is 0 Å². The molecule has 0 saturated carbocycles. The number of benzene rings is 2. The number of para-hydroxylation sites is 1. The standard InChI is InChI=1S/C25H33N5/c1-28-16-12-24(13-17-28)29(2)25-11-6-5-9-22(25)19-26-18-21-8-3-4-10-23(21)20-30-15-7-14-27-30/h3-11,14-15,24,26H,12-13,16-20H2,1-2H3. The van der Waals surface area contributed by atoms with Gasteiger partial charge in [0.15, 0.2) is 0 Å². The number of likely N-dealkylation sites (tertiary alicyclic amines) is 1. The van der Waals surface area contributed by atoms with Crippen molar-refractivity contribution < 1.29 is 0 Å². The predicted octanol–water partition coefficient (Wildman–Crippen LogP) is 3.75. The lowest BCUT2D eigenvalue weighted by atomic mass is 10.0. The fraction of sp³-hybridized carbons (Fsp3) is 0.400. The Bertz CT molecular complexity index is 913. The minimum atomic E-state index is 0.622. The van der Waals surface area contributed by atoms with Gasteiger partial charge in [-0.3, -0.25) is 4.68 Å². The first-order valence-electron chi connectivity index (χ1n) is 10.9. The van der Waals surface area contributed by atoms with Crippen LogP contribution in [-0.4, -0.2) is 47.9 Å². The van der Waals surface area contributed by atoms with Gasteiger partial charge in [0.05, 0.1) is 6.54 Å². The highest BCUT2D eigenvalue weighted by Crippen LogP contribution is 2.25. The summed E-state index contributed by atoms with van der Waals surface area (Å²) in [7, 11) is 4.48. The van der Waals surface area contributed by atoms with Crippen LogP contribution in [-0.2, 0) is 19.6 Å². The van der Waals surface area contributed by atoms with E-state index < -0.39 is 0 Å². The normalized spacial score (nSPS) is 15.4. The molecule has 5 heteroatoms. The molecule has 1 aliphatic heterocycles. The third kappa shape index (κ3) is 5.10. The molecule has 0 bridgehead atoms. The Labute approximate surface area is 180 Å². The molecule has 1 aromatic heterocycles. The second kappa shape index (κ2) is 9.92. The molecule has 0 unspecified atom stereocenters. The molecule has 2 heterocycles. The molecule has 0 amide bonds.